The molecule has 0 fully saturated rings. The molecule has 0 bridgehead atoms. The number of amides is 1. The molecule has 1 amide bonds. The molecule has 0 aliphatic carbocycles. The molecule has 0 unspecified atom stereocenters. The van der Waals surface area contributed by atoms with Gasteiger partial charge in [0.05, 0.1) is 16.4 Å². The van der Waals surface area contributed by atoms with E-state index < -0.39 is 0 Å². The van der Waals surface area contributed by atoms with Crippen LogP contribution in [0.15, 0.2) is 47.1 Å². The minimum atomic E-state index is -0.333. The van der Waals surface area contributed by atoms with Crippen molar-refractivity contribution >= 4 is 49.9 Å². The molecule has 6 nitrogen and oxygen atoms in total. The van der Waals surface area contributed by atoms with Crippen LogP contribution >= 0.6 is 38.9 Å². The highest BCUT2D eigenvalue weighted by Crippen LogP contribution is 2.27. The number of nitrogens with one attached hydrogen (secondary N) is 1. The average Bonchev–Trinajstić information content (AvgIpc) is 3.33. The highest BCUT2D eigenvalue weighted by Gasteiger charge is 2.19. The molecule has 0 aliphatic heterocycles. The van der Waals surface area contributed by atoms with Crippen molar-refractivity contribution in [3.05, 3.63) is 85.0 Å². The second-order valence-electron chi connectivity index (χ2n) is 7.21. The van der Waals surface area contributed by atoms with Crippen LogP contribution in [0, 0.1) is 20.8 Å². The van der Waals surface area contributed by atoms with Crippen LogP contribution in [0.2, 0.25) is 5.02 Å². The SMILES string of the molecule is Cc1ccc(-n2nnc(C(=O)Nc3ncc(Cc4ccc(Br)c(Cl)c4)s3)c2C)cc1C. The van der Waals surface area contributed by atoms with Crippen molar-refractivity contribution in [3.8, 4) is 5.69 Å². The summed E-state index contributed by atoms with van der Waals surface area (Å²) in [5.41, 5.74) is 5.24. The van der Waals surface area contributed by atoms with Crippen molar-refractivity contribution in [2.24, 2.45) is 0 Å². The predicted octanol–water partition coefficient (Wildman–Crippen LogP) is 5.91. The lowest BCUT2D eigenvalue weighted by molar-refractivity contribution is 0.102. The lowest BCUT2D eigenvalue weighted by atomic mass is 10.1. The molecule has 2 aromatic heterocycles. The molecule has 0 radical (unpaired) electrons. The van der Waals surface area contributed by atoms with E-state index in [0.29, 0.717) is 22.3 Å². The molecule has 0 saturated heterocycles. The normalized spacial score (nSPS) is 11.0. The number of carbonyl (C=O) groups is 1. The van der Waals surface area contributed by atoms with E-state index in [9.17, 15) is 4.79 Å². The van der Waals surface area contributed by atoms with E-state index in [1.165, 1.54) is 16.9 Å². The summed E-state index contributed by atoms with van der Waals surface area (Å²) < 4.78 is 2.53. The molecular formula is C22H19BrClN5OS. The van der Waals surface area contributed by atoms with Crippen molar-refractivity contribution in [1.82, 2.24) is 20.0 Å². The Kier molecular flexibility index (Phi) is 6.22. The predicted molar refractivity (Wildman–Crippen MR) is 128 cm³/mol. The Labute approximate surface area is 197 Å². The third-order valence-corrected chi connectivity index (χ3v) is 7.13. The summed E-state index contributed by atoms with van der Waals surface area (Å²) in [4.78, 5) is 18.1. The highest BCUT2D eigenvalue weighted by molar-refractivity contribution is 9.10. The average molecular weight is 517 g/mol. The summed E-state index contributed by atoms with van der Waals surface area (Å²) in [6.07, 6.45) is 2.44. The smallest absolute Gasteiger partial charge is 0.279 e. The highest BCUT2D eigenvalue weighted by atomic mass is 79.9. The minimum absolute atomic E-state index is 0.273. The Morgan fingerprint density at radius 1 is 1.16 bits per heavy atom. The fourth-order valence-electron chi connectivity index (χ4n) is 3.10. The molecule has 0 atom stereocenters. The minimum Gasteiger partial charge on any atom is -0.296 e. The maximum atomic E-state index is 12.8. The number of halogens is 2. The van der Waals surface area contributed by atoms with Gasteiger partial charge in [-0.15, -0.1) is 16.4 Å². The lowest BCUT2D eigenvalue weighted by Crippen LogP contribution is -2.14. The molecule has 9 heteroatoms. The molecule has 4 aromatic rings. The monoisotopic (exact) mass is 515 g/mol. The molecule has 158 valence electrons. The summed E-state index contributed by atoms with van der Waals surface area (Å²) >= 11 is 11.0. The molecule has 1 N–H and O–H groups in total. The zero-order valence-electron chi connectivity index (χ0n) is 17.1. The van der Waals surface area contributed by atoms with E-state index in [4.69, 9.17) is 11.6 Å². The second kappa shape index (κ2) is 8.90. The van der Waals surface area contributed by atoms with Gasteiger partial charge in [-0.05, 0) is 77.7 Å². The van der Waals surface area contributed by atoms with Crippen molar-refractivity contribution in [2.75, 3.05) is 5.32 Å². The summed E-state index contributed by atoms with van der Waals surface area (Å²) in [6.45, 7) is 5.93. The molecular weight excluding hydrogens is 498 g/mol. The number of hydrogen-bond acceptors (Lipinski definition) is 5. The van der Waals surface area contributed by atoms with Gasteiger partial charge in [0.2, 0.25) is 0 Å². The van der Waals surface area contributed by atoms with E-state index in [2.05, 4.69) is 43.5 Å². The maximum absolute atomic E-state index is 12.8. The Morgan fingerprint density at radius 2 is 1.97 bits per heavy atom. The van der Waals surface area contributed by atoms with Gasteiger partial charge in [-0.1, -0.05) is 28.9 Å². The molecule has 4 rings (SSSR count). The van der Waals surface area contributed by atoms with Crippen LogP contribution in [0.4, 0.5) is 5.13 Å². The summed E-state index contributed by atoms with van der Waals surface area (Å²) in [5, 5.41) is 12.3. The number of anilines is 1. The Hall–Kier alpha value is -2.55. The molecule has 2 aromatic carbocycles. The van der Waals surface area contributed by atoms with Crippen LogP contribution < -0.4 is 5.32 Å². The van der Waals surface area contributed by atoms with E-state index in [1.807, 2.05) is 50.2 Å². The number of rotatable bonds is 5. The van der Waals surface area contributed by atoms with Crippen LogP contribution in [0.5, 0.6) is 0 Å². The first kappa shape index (κ1) is 21.7. The van der Waals surface area contributed by atoms with Crippen LogP contribution in [0.3, 0.4) is 0 Å². The molecule has 31 heavy (non-hydrogen) atoms. The van der Waals surface area contributed by atoms with Crippen LogP contribution in [-0.2, 0) is 6.42 Å². The van der Waals surface area contributed by atoms with E-state index in [-0.39, 0.29) is 11.6 Å². The van der Waals surface area contributed by atoms with E-state index >= 15 is 0 Å². The first-order valence-electron chi connectivity index (χ1n) is 9.51. The zero-order valence-corrected chi connectivity index (χ0v) is 20.3. The Morgan fingerprint density at radius 3 is 2.71 bits per heavy atom. The topological polar surface area (TPSA) is 72.7 Å². The standard InChI is InChI=1S/C22H19BrClN5OS/c1-12-4-6-16(8-13(12)2)29-14(3)20(27-28-29)21(30)26-22-25-11-17(31-22)9-15-5-7-18(23)19(24)10-15/h4-8,10-11H,9H2,1-3H3,(H,25,26,30). The quantitative estimate of drug-likeness (QED) is 0.358. The number of aromatic nitrogens is 4. The van der Waals surface area contributed by atoms with Gasteiger partial charge in [-0.2, -0.15) is 0 Å². The summed E-state index contributed by atoms with van der Waals surface area (Å²) in [7, 11) is 0. The number of carbonyl (C=O) groups excluding carboxylic acids is 1. The van der Waals surface area contributed by atoms with Crippen molar-refractivity contribution in [2.45, 2.75) is 27.2 Å². The molecule has 0 aliphatic rings. The summed E-state index contributed by atoms with van der Waals surface area (Å²) in [5.74, 6) is -0.333. The fraction of sp³-hybridized carbons (Fsp3) is 0.182. The first-order chi connectivity index (χ1) is 14.8. The van der Waals surface area contributed by atoms with Crippen LogP contribution in [0.25, 0.3) is 5.69 Å². The number of thiazole rings is 1. The molecule has 0 spiro atoms. The van der Waals surface area contributed by atoms with E-state index in [1.54, 1.807) is 10.9 Å². The van der Waals surface area contributed by atoms with Gasteiger partial charge >= 0.3 is 0 Å². The third-order valence-electron chi connectivity index (χ3n) is 4.98. The Bertz CT molecular complexity index is 1280. The van der Waals surface area contributed by atoms with Gasteiger partial charge in [0.15, 0.2) is 10.8 Å². The van der Waals surface area contributed by atoms with Gasteiger partial charge in [0.1, 0.15) is 0 Å². The van der Waals surface area contributed by atoms with Crippen molar-refractivity contribution < 1.29 is 4.79 Å². The van der Waals surface area contributed by atoms with E-state index in [0.717, 1.165) is 26.2 Å². The van der Waals surface area contributed by atoms with Crippen LogP contribution in [-0.4, -0.2) is 25.9 Å². The van der Waals surface area contributed by atoms with Gasteiger partial charge in [-0.25, -0.2) is 9.67 Å². The number of aryl methyl sites for hydroxylation is 2. The fourth-order valence-corrected chi connectivity index (χ4v) is 4.39. The van der Waals surface area contributed by atoms with Gasteiger partial charge in [0.25, 0.3) is 5.91 Å². The Balaban J connectivity index is 1.48. The van der Waals surface area contributed by atoms with Crippen LogP contribution in [0.1, 0.15) is 37.7 Å². The van der Waals surface area contributed by atoms with Gasteiger partial charge < -0.3 is 0 Å². The number of hydrogen-bond donors (Lipinski definition) is 1. The largest absolute Gasteiger partial charge is 0.296 e. The second-order valence-corrected chi connectivity index (χ2v) is 9.59. The van der Waals surface area contributed by atoms with Gasteiger partial charge in [0, 0.05) is 22.0 Å². The van der Waals surface area contributed by atoms with Crippen molar-refractivity contribution in [3.63, 3.8) is 0 Å². The summed E-state index contributed by atoms with van der Waals surface area (Å²) in [6, 6.07) is 11.9. The van der Waals surface area contributed by atoms with Gasteiger partial charge in [-0.3, -0.25) is 10.1 Å². The molecule has 0 saturated carbocycles. The maximum Gasteiger partial charge on any atom is 0.279 e. The van der Waals surface area contributed by atoms with Crippen molar-refractivity contribution in [1.29, 1.82) is 0 Å². The zero-order chi connectivity index (χ0) is 22.1. The number of benzene rings is 2. The number of nitrogens with zero attached hydrogens (tertiary/aromatic N) is 4. The third kappa shape index (κ3) is 4.71. The lowest BCUT2D eigenvalue weighted by Gasteiger charge is -2.06. The first-order valence-corrected chi connectivity index (χ1v) is 11.5. The molecule has 2 heterocycles.